The van der Waals surface area contributed by atoms with Crippen molar-refractivity contribution in [3.05, 3.63) is 59.5 Å². The zero-order valence-corrected chi connectivity index (χ0v) is 12.8. The SMILES string of the molecule is Cc1ccc(C[NH+](C)CC(=O)N[C@@H](C)c2ccccc2)o1. The van der Waals surface area contributed by atoms with Gasteiger partial charge in [-0.3, -0.25) is 4.79 Å². The Morgan fingerprint density at radius 1 is 1.24 bits per heavy atom. The first kappa shape index (κ1) is 15.3. The number of amides is 1. The number of nitrogens with one attached hydrogen (secondary N) is 2. The van der Waals surface area contributed by atoms with Gasteiger partial charge in [-0.1, -0.05) is 30.3 Å². The van der Waals surface area contributed by atoms with Crippen LogP contribution in [-0.2, 0) is 11.3 Å². The van der Waals surface area contributed by atoms with E-state index >= 15 is 0 Å². The molecule has 0 saturated carbocycles. The summed E-state index contributed by atoms with van der Waals surface area (Å²) in [5, 5.41) is 3.03. The highest BCUT2D eigenvalue weighted by Crippen LogP contribution is 2.10. The maximum Gasteiger partial charge on any atom is 0.275 e. The van der Waals surface area contributed by atoms with Crippen LogP contribution in [0.25, 0.3) is 0 Å². The van der Waals surface area contributed by atoms with Crippen LogP contribution in [0.1, 0.15) is 30.0 Å². The van der Waals surface area contributed by atoms with Crippen LogP contribution in [0.5, 0.6) is 0 Å². The van der Waals surface area contributed by atoms with Gasteiger partial charge in [-0.2, -0.15) is 0 Å². The Balaban J connectivity index is 1.81. The molecule has 21 heavy (non-hydrogen) atoms. The van der Waals surface area contributed by atoms with Gasteiger partial charge in [0.1, 0.15) is 12.3 Å². The molecular weight excluding hydrogens is 264 g/mol. The first-order valence-electron chi connectivity index (χ1n) is 7.25. The summed E-state index contributed by atoms with van der Waals surface area (Å²) in [6.45, 7) is 5.06. The molecule has 0 aliphatic carbocycles. The molecule has 0 aliphatic heterocycles. The number of quaternary nitrogens is 1. The molecule has 0 fully saturated rings. The fraction of sp³-hybridized carbons (Fsp3) is 0.353. The zero-order chi connectivity index (χ0) is 15.2. The number of hydrogen-bond donors (Lipinski definition) is 2. The van der Waals surface area contributed by atoms with Crippen molar-refractivity contribution in [2.75, 3.05) is 13.6 Å². The van der Waals surface area contributed by atoms with E-state index in [4.69, 9.17) is 4.42 Å². The molecule has 2 atom stereocenters. The maximum atomic E-state index is 12.1. The monoisotopic (exact) mass is 287 g/mol. The summed E-state index contributed by atoms with van der Waals surface area (Å²) in [6.07, 6.45) is 0. The molecule has 2 aromatic rings. The number of carbonyl (C=O) groups excluding carboxylic acids is 1. The van der Waals surface area contributed by atoms with E-state index in [0.29, 0.717) is 13.1 Å². The molecule has 1 heterocycles. The molecule has 0 bridgehead atoms. The van der Waals surface area contributed by atoms with Crippen LogP contribution >= 0.6 is 0 Å². The molecule has 2 N–H and O–H groups in total. The molecule has 0 aliphatic rings. The van der Waals surface area contributed by atoms with Gasteiger partial charge in [-0.05, 0) is 31.5 Å². The molecule has 1 amide bonds. The fourth-order valence-electron chi connectivity index (χ4n) is 2.33. The van der Waals surface area contributed by atoms with Crippen molar-refractivity contribution in [1.29, 1.82) is 0 Å². The number of rotatable bonds is 6. The van der Waals surface area contributed by atoms with Crippen molar-refractivity contribution >= 4 is 5.91 Å². The number of benzene rings is 1. The molecule has 4 nitrogen and oxygen atoms in total. The quantitative estimate of drug-likeness (QED) is 0.845. The lowest BCUT2D eigenvalue weighted by atomic mass is 10.1. The van der Waals surface area contributed by atoms with E-state index in [-0.39, 0.29) is 11.9 Å². The molecule has 1 unspecified atom stereocenters. The van der Waals surface area contributed by atoms with E-state index in [0.717, 1.165) is 22.0 Å². The Morgan fingerprint density at radius 2 is 1.95 bits per heavy atom. The van der Waals surface area contributed by atoms with Gasteiger partial charge in [0.25, 0.3) is 5.91 Å². The summed E-state index contributed by atoms with van der Waals surface area (Å²) in [7, 11) is 1.99. The Kier molecular flexibility index (Phi) is 5.17. The number of furan rings is 1. The first-order chi connectivity index (χ1) is 10.0. The van der Waals surface area contributed by atoms with Gasteiger partial charge in [0.2, 0.25) is 0 Å². The van der Waals surface area contributed by atoms with Crippen LogP contribution in [0.15, 0.2) is 46.9 Å². The normalized spacial score (nSPS) is 13.7. The highest BCUT2D eigenvalue weighted by Gasteiger charge is 2.15. The number of hydrogen-bond acceptors (Lipinski definition) is 2. The average Bonchev–Trinajstić information content (AvgIpc) is 2.84. The second kappa shape index (κ2) is 7.09. The second-order valence-electron chi connectivity index (χ2n) is 5.52. The van der Waals surface area contributed by atoms with E-state index in [1.807, 2.05) is 63.4 Å². The van der Waals surface area contributed by atoms with Crippen molar-refractivity contribution in [3.63, 3.8) is 0 Å². The predicted molar refractivity (Wildman–Crippen MR) is 81.9 cm³/mol. The van der Waals surface area contributed by atoms with E-state index < -0.39 is 0 Å². The smallest absolute Gasteiger partial charge is 0.275 e. The van der Waals surface area contributed by atoms with Crippen molar-refractivity contribution in [1.82, 2.24) is 5.32 Å². The third-order valence-electron chi connectivity index (χ3n) is 3.41. The van der Waals surface area contributed by atoms with E-state index in [9.17, 15) is 4.79 Å². The molecule has 1 aromatic carbocycles. The Bertz CT molecular complexity index is 577. The second-order valence-corrected chi connectivity index (χ2v) is 5.52. The largest absolute Gasteiger partial charge is 0.460 e. The van der Waals surface area contributed by atoms with Crippen LogP contribution in [0.3, 0.4) is 0 Å². The molecule has 1 aromatic heterocycles. The molecule has 4 heteroatoms. The molecular formula is C17H23N2O2+. The third kappa shape index (κ3) is 4.76. The lowest BCUT2D eigenvalue weighted by Gasteiger charge is -2.16. The molecule has 0 radical (unpaired) electrons. The Hall–Kier alpha value is -2.07. The summed E-state index contributed by atoms with van der Waals surface area (Å²) in [6, 6.07) is 13.9. The van der Waals surface area contributed by atoms with Crippen LogP contribution in [0, 0.1) is 6.92 Å². The van der Waals surface area contributed by atoms with Crippen LogP contribution in [0.2, 0.25) is 0 Å². The Labute approximate surface area is 125 Å². The van der Waals surface area contributed by atoms with Crippen LogP contribution in [0.4, 0.5) is 0 Å². The predicted octanol–water partition coefficient (Wildman–Crippen LogP) is 1.48. The van der Waals surface area contributed by atoms with E-state index in [1.165, 1.54) is 0 Å². The molecule has 112 valence electrons. The number of likely N-dealkylation sites (N-methyl/N-ethyl adjacent to an activating group) is 1. The van der Waals surface area contributed by atoms with Gasteiger partial charge < -0.3 is 14.6 Å². The minimum atomic E-state index is 0.0253. The molecule has 0 spiro atoms. The molecule has 2 rings (SSSR count). The van der Waals surface area contributed by atoms with Crippen molar-refractivity contribution < 1.29 is 14.1 Å². The number of carbonyl (C=O) groups is 1. The minimum Gasteiger partial charge on any atom is -0.460 e. The Morgan fingerprint density at radius 3 is 2.57 bits per heavy atom. The fourth-order valence-corrected chi connectivity index (χ4v) is 2.33. The van der Waals surface area contributed by atoms with Gasteiger partial charge in [-0.15, -0.1) is 0 Å². The molecule has 0 saturated heterocycles. The van der Waals surface area contributed by atoms with Crippen LogP contribution in [-0.4, -0.2) is 19.5 Å². The topological polar surface area (TPSA) is 46.7 Å². The van der Waals surface area contributed by atoms with Crippen molar-refractivity contribution in [2.24, 2.45) is 0 Å². The summed E-state index contributed by atoms with van der Waals surface area (Å²) in [5.74, 6) is 1.86. The third-order valence-corrected chi connectivity index (χ3v) is 3.41. The van der Waals surface area contributed by atoms with Crippen molar-refractivity contribution in [3.8, 4) is 0 Å². The lowest BCUT2D eigenvalue weighted by molar-refractivity contribution is -0.886. The summed E-state index contributed by atoms with van der Waals surface area (Å²) in [5.41, 5.74) is 1.12. The highest BCUT2D eigenvalue weighted by molar-refractivity contribution is 5.77. The maximum absolute atomic E-state index is 12.1. The van der Waals surface area contributed by atoms with Gasteiger partial charge in [0.15, 0.2) is 12.3 Å². The minimum absolute atomic E-state index is 0.0253. The highest BCUT2D eigenvalue weighted by atomic mass is 16.3. The van der Waals surface area contributed by atoms with Gasteiger partial charge in [-0.25, -0.2) is 0 Å². The van der Waals surface area contributed by atoms with Gasteiger partial charge >= 0.3 is 0 Å². The summed E-state index contributed by atoms with van der Waals surface area (Å²) >= 11 is 0. The lowest BCUT2D eigenvalue weighted by Crippen LogP contribution is -3.08. The summed E-state index contributed by atoms with van der Waals surface area (Å²) < 4.78 is 5.53. The average molecular weight is 287 g/mol. The van der Waals surface area contributed by atoms with E-state index in [1.54, 1.807) is 0 Å². The van der Waals surface area contributed by atoms with Gasteiger partial charge in [0.05, 0.1) is 13.1 Å². The van der Waals surface area contributed by atoms with E-state index in [2.05, 4.69) is 5.32 Å². The van der Waals surface area contributed by atoms with Crippen molar-refractivity contribution in [2.45, 2.75) is 26.4 Å². The van der Waals surface area contributed by atoms with Crippen LogP contribution < -0.4 is 10.2 Å². The standard InChI is InChI=1S/C17H22N2O2/c1-13-9-10-16(21-13)11-19(3)12-17(20)18-14(2)15-7-5-4-6-8-15/h4-10,14H,11-12H2,1-3H3,(H,18,20)/p+1/t14-/m0/s1. The zero-order valence-electron chi connectivity index (χ0n) is 12.8. The van der Waals surface area contributed by atoms with Gasteiger partial charge in [0, 0.05) is 0 Å². The summed E-state index contributed by atoms with van der Waals surface area (Å²) in [4.78, 5) is 13.2. The first-order valence-corrected chi connectivity index (χ1v) is 7.25. The number of aryl methyl sites for hydroxylation is 1.